The number of rotatable bonds is 3. The number of carbonyl (C=O) groups is 2. The van der Waals surface area contributed by atoms with Crippen LogP contribution in [0.15, 0.2) is 0 Å². The van der Waals surface area contributed by atoms with Crippen LogP contribution in [0, 0.1) is 5.92 Å². The molecule has 0 aliphatic carbocycles. The number of esters is 2. The zero-order valence-corrected chi connectivity index (χ0v) is 9.50. The van der Waals surface area contributed by atoms with Gasteiger partial charge in [-0.05, 0) is 0 Å². The quantitative estimate of drug-likeness (QED) is 0.680. The van der Waals surface area contributed by atoms with Crippen molar-refractivity contribution < 1.29 is 28.9 Å². The summed E-state index contributed by atoms with van der Waals surface area (Å²) in [4.78, 5) is 21.4. The van der Waals surface area contributed by atoms with E-state index in [1.807, 2.05) is 0 Å². The summed E-state index contributed by atoms with van der Waals surface area (Å²) in [6.07, 6.45) is -2.33. The fourth-order valence-corrected chi connectivity index (χ4v) is 1.60. The summed E-state index contributed by atoms with van der Waals surface area (Å²) >= 11 is 0. The minimum Gasteiger partial charge on any atom is -0.463 e. The highest BCUT2D eigenvalue weighted by Crippen LogP contribution is 2.28. The van der Waals surface area contributed by atoms with Crippen molar-refractivity contribution >= 4 is 11.9 Å². The number of aliphatic hydroxyl groups excluding tert-OH is 1. The van der Waals surface area contributed by atoms with Crippen molar-refractivity contribution in [1.82, 2.24) is 0 Å². The van der Waals surface area contributed by atoms with Crippen molar-refractivity contribution in [3.8, 4) is 0 Å². The molecule has 1 fully saturated rings. The maximum atomic E-state index is 10.8. The first kappa shape index (κ1) is 12.9. The van der Waals surface area contributed by atoms with Gasteiger partial charge >= 0.3 is 11.9 Å². The molecule has 0 radical (unpaired) electrons. The second-order valence-electron chi connectivity index (χ2n) is 3.80. The van der Waals surface area contributed by atoms with Crippen LogP contribution in [0.25, 0.3) is 0 Å². The van der Waals surface area contributed by atoms with E-state index < -0.39 is 30.4 Å². The minimum absolute atomic E-state index is 0.0469. The van der Waals surface area contributed by atoms with Gasteiger partial charge in [0.15, 0.2) is 12.4 Å². The van der Waals surface area contributed by atoms with Gasteiger partial charge in [0.05, 0.1) is 0 Å². The monoisotopic (exact) mass is 232 g/mol. The molecule has 6 nitrogen and oxygen atoms in total. The van der Waals surface area contributed by atoms with Crippen LogP contribution in [-0.2, 0) is 23.8 Å². The first-order valence-corrected chi connectivity index (χ1v) is 5.06. The molecular formula is C10H16O6. The molecule has 16 heavy (non-hydrogen) atoms. The summed E-state index contributed by atoms with van der Waals surface area (Å²) in [5.41, 5.74) is 0. The van der Waals surface area contributed by atoms with Crippen molar-refractivity contribution in [2.24, 2.45) is 5.92 Å². The van der Waals surface area contributed by atoms with Crippen molar-refractivity contribution in [2.45, 2.75) is 39.3 Å². The average Bonchev–Trinajstić information content (AvgIpc) is 2.42. The Labute approximate surface area is 93.5 Å². The molecule has 1 N–H and O–H groups in total. The van der Waals surface area contributed by atoms with Gasteiger partial charge < -0.3 is 19.3 Å². The maximum absolute atomic E-state index is 10.8. The van der Waals surface area contributed by atoms with Gasteiger partial charge in [-0.3, -0.25) is 9.59 Å². The molecule has 0 aromatic heterocycles. The Kier molecular flexibility index (Phi) is 4.26. The molecule has 1 rings (SSSR count). The lowest BCUT2D eigenvalue weighted by molar-refractivity contribution is -0.171. The van der Waals surface area contributed by atoms with Crippen LogP contribution in [-0.4, -0.2) is 42.1 Å². The first-order valence-electron chi connectivity index (χ1n) is 5.06. The van der Waals surface area contributed by atoms with Crippen LogP contribution in [0.4, 0.5) is 0 Å². The molecule has 1 saturated heterocycles. The zero-order chi connectivity index (χ0) is 12.3. The number of aliphatic hydroxyl groups is 1. The Bertz CT molecular complexity index is 276. The van der Waals surface area contributed by atoms with Crippen LogP contribution < -0.4 is 0 Å². The molecule has 4 atom stereocenters. The molecule has 1 heterocycles. The summed E-state index contributed by atoms with van der Waals surface area (Å²) in [5.74, 6) is -1.12. The van der Waals surface area contributed by atoms with Gasteiger partial charge in [0, 0.05) is 19.8 Å². The first-order chi connectivity index (χ1) is 7.41. The highest BCUT2D eigenvalue weighted by molar-refractivity contribution is 5.66. The van der Waals surface area contributed by atoms with Gasteiger partial charge in [-0.2, -0.15) is 0 Å². The maximum Gasteiger partial charge on any atom is 0.303 e. The van der Waals surface area contributed by atoms with E-state index in [4.69, 9.17) is 14.2 Å². The number of carbonyl (C=O) groups excluding carboxylic acids is 2. The third kappa shape index (κ3) is 3.18. The molecule has 0 bridgehead atoms. The lowest BCUT2D eigenvalue weighted by atomic mass is 10.0. The summed E-state index contributed by atoms with van der Waals surface area (Å²) in [6.45, 7) is 4.36. The van der Waals surface area contributed by atoms with Gasteiger partial charge in [0.1, 0.15) is 12.7 Å². The summed E-state index contributed by atoms with van der Waals surface area (Å²) in [5, 5.41) is 9.50. The van der Waals surface area contributed by atoms with Gasteiger partial charge in [-0.1, -0.05) is 6.92 Å². The molecule has 1 aliphatic heterocycles. The highest BCUT2D eigenvalue weighted by atomic mass is 16.7. The molecule has 92 valence electrons. The smallest absolute Gasteiger partial charge is 0.303 e. The second kappa shape index (κ2) is 5.27. The summed E-state index contributed by atoms with van der Waals surface area (Å²) < 4.78 is 14.8. The molecule has 0 aromatic rings. The van der Waals surface area contributed by atoms with E-state index in [2.05, 4.69) is 0 Å². The number of hydrogen-bond acceptors (Lipinski definition) is 6. The fraction of sp³-hybridized carbons (Fsp3) is 0.800. The highest BCUT2D eigenvalue weighted by Gasteiger charge is 2.43. The Hall–Kier alpha value is -1.14. The van der Waals surface area contributed by atoms with Crippen LogP contribution in [0.3, 0.4) is 0 Å². The van der Waals surface area contributed by atoms with Crippen LogP contribution >= 0.6 is 0 Å². The Morgan fingerprint density at radius 3 is 2.44 bits per heavy atom. The van der Waals surface area contributed by atoms with Crippen molar-refractivity contribution in [3.63, 3.8) is 0 Å². The lowest BCUT2D eigenvalue weighted by Gasteiger charge is -2.17. The molecule has 0 amide bonds. The van der Waals surface area contributed by atoms with Gasteiger partial charge in [-0.15, -0.1) is 0 Å². The molecular weight excluding hydrogens is 216 g/mol. The normalized spacial score (nSPS) is 33.5. The van der Waals surface area contributed by atoms with E-state index in [1.165, 1.54) is 13.8 Å². The largest absolute Gasteiger partial charge is 0.463 e. The van der Waals surface area contributed by atoms with Crippen LogP contribution in [0.1, 0.15) is 20.8 Å². The van der Waals surface area contributed by atoms with E-state index >= 15 is 0 Å². The minimum atomic E-state index is -1.17. The van der Waals surface area contributed by atoms with Gasteiger partial charge in [-0.25, -0.2) is 0 Å². The van der Waals surface area contributed by atoms with E-state index in [0.29, 0.717) is 0 Å². The standard InChI is InChI=1S/C10H16O6/c1-5-8(4-14-6(2)11)16-10(13)9(5)15-7(3)12/h5,8-10,13H,4H2,1-3H3/t5-,8-,9-,10?/m1/s1. The SMILES string of the molecule is CC(=O)OC[C@H]1OC(O)[C@H](OC(C)=O)[C@@H]1C. The Morgan fingerprint density at radius 1 is 1.31 bits per heavy atom. The van der Waals surface area contributed by atoms with Crippen molar-refractivity contribution in [3.05, 3.63) is 0 Å². The van der Waals surface area contributed by atoms with E-state index in [0.717, 1.165) is 0 Å². The number of ether oxygens (including phenoxy) is 3. The average molecular weight is 232 g/mol. The van der Waals surface area contributed by atoms with E-state index in [-0.39, 0.29) is 12.5 Å². The van der Waals surface area contributed by atoms with Crippen LogP contribution in [0.5, 0.6) is 0 Å². The molecule has 0 aromatic carbocycles. The fourth-order valence-electron chi connectivity index (χ4n) is 1.60. The molecule has 1 aliphatic rings. The van der Waals surface area contributed by atoms with Gasteiger partial charge in [0.25, 0.3) is 0 Å². The third-order valence-electron chi connectivity index (χ3n) is 2.45. The van der Waals surface area contributed by atoms with Crippen molar-refractivity contribution in [2.75, 3.05) is 6.61 Å². The predicted octanol–water partition coefficient (Wildman–Crippen LogP) is -0.166. The molecule has 0 spiro atoms. The second-order valence-corrected chi connectivity index (χ2v) is 3.80. The predicted molar refractivity (Wildman–Crippen MR) is 52.2 cm³/mol. The topological polar surface area (TPSA) is 82.1 Å². The van der Waals surface area contributed by atoms with Crippen molar-refractivity contribution in [1.29, 1.82) is 0 Å². The zero-order valence-electron chi connectivity index (χ0n) is 9.50. The molecule has 0 saturated carbocycles. The number of hydrogen-bond donors (Lipinski definition) is 1. The van der Waals surface area contributed by atoms with Crippen LogP contribution in [0.2, 0.25) is 0 Å². The van der Waals surface area contributed by atoms with E-state index in [9.17, 15) is 14.7 Å². The van der Waals surface area contributed by atoms with Gasteiger partial charge in [0.2, 0.25) is 0 Å². The molecule has 1 unspecified atom stereocenters. The Morgan fingerprint density at radius 2 is 1.94 bits per heavy atom. The Balaban J connectivity index is 2.52. The summed E-state index contributed by atoms with van der Waals surface area (Å²) in [7, 11) is 0. The van der Waals surface area contributed by atoms with E-state index in [1.54, 1.807) is 6.92 Å². The lowest BCUT2D eigenvalue weighted by Crippen LogP contribution is -2.31. The molecule has 6 heteroatoms. The summed E-state index contributed by atoms with van der Waals surface area (Å²) in [6, 6.07) is 0. The third-order valence-corrected chi connectivity index (χ3v) is 2.45.